The van der Waals surface area contributed by atoms with Crippen LogP contribution < -0.4 is 4.74 Å². The molecule has 1 spiro atoms. The molecule has 2 unspecified atom stereocenters. The fraction of sp³-hybridized carbons (Fsp3) is 0.429. The second kappa shape index (κ2) is 4.87. The van der Waals surface area contributed by atoms with Crippen LogP contribution in [0.3, 0.4) is 0 Å². The molecule has 0 radical (unpaired) electrons. The van der Waals surface area contributed by atoms with E-state index in [0.29, 0.717) is 11.3 Å². The molecule has 114 valence electrons. The third-order valence-electron chi connectivity index (χ3n) is 5.79. The van der Waals surface area contributed by atoms with Gasteiger partial charge in [-0.1, -0.05) is 36.4 Å². The normalized spacial score (nSPS) is 25.9. The summed E-state index contributed by atoms with van der Waals surface area (Å²) in [5, 5.41) is 0. The third kappa shape index (κ3) is 1.91. The molecule has 22 heavy (non-hydrogen) atoms. The minimum absolute atomic E-state index is 0.419. The average Bonchev–Trinajstić information content (AvgIpc) is 3.22. The SMILES string of the molecule is COc1c(C)cc(C2CC23CCCc2ccccc23)cc1C. The molecular weight excluding hydrogens is 268 g/mol. The summed E-state index contributed by atoms with van der Waals surface area (Å²) in [4.78, 5) is 0. The van der Waals surface area contributed by atoms with Crippen molar-refractivity contribution in [3.05, 3.63) is 64.2 Å². The van der Waals surface area contributed by atoms with E-state index in [1.165, 1.54) is 42.4 Å². The van der Waals surface area contributed by atoms with Crippen LogP contribution in [0, 0.1) is 13.8 Å². The van der Waals surface area contributed by atoms with Crippen LogP contribution in [-0.2, 0) is 11.8 Å². The summed E-state index contributed by atoms with van der Waals surface area (Å²) in [6.45, 7) is 4.33. The van der Waals surface area contributed by atoms with Crippen molar-refractivity contribution in [1.29, 1.82) is 0 Å². The second-order valence-corrected chi connectivity index (χ2v) is 7.11. The predicted octanol–water partition coefficient (Wildman–Crippen LogP) is 5.07. The van der Waals surface area contributed by atoms with Crippen molar-refractivity contribution in [3.8, 4) is 5.75 Å². The lowest BCUT2D eigenvalue weighted by Crippen LogP contribution is -2.18. The highest BCUT2D eigenvalue weighted by Gasteiger charge is 2.56. The van der Waals surface area contributed by atoms with E-state index in [1.807, 2.05) is 0 Å². The second-order valence-electron chi connectivity index (χ2n) is 7.11. The smallest absolute Gasteiger partial charge is 0.124 e. The Bertz CT molecular complexity index is 707. The minimum atomic E-state index is 0.419. The quantitative estimate of drug-likeness (QED) is 0.750. The van der Waals surface area contributed by atoms with Crippen LogP contribution in [0.15, 0.2) is 36.4 Å². The van der Waals surface area contributed by atoms with Crippen LogP contribution in [0.2, 0.25) is 0 Å². The van der Waals surface area contributed by atoms with Crippen molar-refractivity contribution in [2.45, 2.75) is 50.9 Å². The number of ether oxygens (including phenoxy) is 1. The molecule has 2 aliphatic rings. The Labute approximate surface area is 133 Å². The first-order valence-corrected chi connectivity index (χ1v) is 8.39. The van der Waals surface area contributed by atoms with Gasteiger partial charge < -0.3 is 4.74 Å². The van der Waals surface area contributed by atoms with Crippen molar-refractivity contribution in [1.82, 2.24) is 0 Å². The molecule has 0 aromatic heterocycles. The highest BCUT2D eigenvalue weighted by Crippen LogP contribution is 2.65. The summed E-state index contributed by atoms with van der Waals surface area (Å²) in [7, 11) is 1.77. The number of aryl methyl sites for hydroxylation is 3. The van der Waals surface area contributed by atoms with Gasteiger partial charge in [-0.25, -0.2) is 0 Å². The molecule has 0 saturated heterocycles. The summed E-state index contributed by atoms with van der Waals surface area (Å²) < 4.78 is 5.52. The van der Waals surface area contributed by atoms with Crippen LogP contribution >= 0.6 is 0 Å². The zero-order chi connectivity index (χ0) is 15.3. The lowest BCUT2D eigenvalue weighted by Gasteiger charge is -2.27. The summed E-state index contributed by atoms with van der Waals surface area (Å²) in [6, 6.07) is 13.8. The molecular formula is C21H24O. The molecule has 1 nitrogen and oxygen atoms in total. The van der Waals surface area contributed by atoms with Gasteiger partial charge in [-0.3, -0.25) is 0 Å². The number of benzene rings is 2. The highest BCUT2D eigenvalue weighted by atomic mass is 16.5. The number of hydrogen-bond acceptors (Lipinski definition) is 1. The highest BCUT2D eigenvalue weighted by molar-refractivity contribution is 5.52. The van der Waals surface area contributed by atoms with E-state index in [0.717, 1.165) is 5.75 Å². The lowest BCUT2D eigenvalue weighted by atomic mass is 9.77. The molecule has 0 heterocycles. The summed E-state index contributed by atoms with van der Waals surface area (Å²) >= 11 is 0. The molecule has 2 atom stereocenters. The maximum Gasteiger partial charge on any atom is 0.124 e. The van der Waals surface area contributed by atoms with Gasteiger partial charge in [-0.2, -0.15) is 0 Å². The Balaban J connectivity index is 1.74. The van der Waals surface area contributed by atoms with Crippen LogP contribution in [0.1, 0.15) is 53.0 Å². The van der Waals surface area contributed by atoms with Crippen molar-refractivity contribution in [2.75, 3.05) is 7.11 Å². The van der Waals surface area contributed by atoms with Gasteiger partial charge in [0.15, 0.2) is 0 Å². The fourth-order valence-corrected chi connectivity index (χ4v) is 4.78. The Kier molecular flexibility index (Phi) is 3.07. The average molecular weight is 292 g/mol. The summed E-state index contributed by atoms with van der Waals surface area (Å²) in [5.41, 5.74) is 7.66. The molecule has 2 aromatic carbocycles. The van der Waals surface area contributed by atoms with Gasteiger partial charge in [0, 0.05) is 5.41 Å². The van der Waals surface area contributed by atoms with Gasteiger partial charge in [-0.15, -0.1) is 0 Å². The monoisotopic (exact) mass is 292 g/mol. The Morgan fingerprint density at radius 3 is 2.55 bits per heavy atom. The maximum atomic E-state index is 5.52. The zero-order valence-electron chi connectivity index (χ0n) is 13.8. The summed E-state index contributed by atoms with van der Waals surface area (Å²) in [6.07, 6.45) is 5.25. The van der Waals surface area contributed by atoms with Gasteiger partial charge in [0.2, 0.25) is 0 Å². The molecule has 1 fully saturated rings. The Morgan fingerprint density at radius 2 is 1.82 bits per heavy atom. The van der Waals surface area contributed by atoms with E-state index in [9.17, 15) is 0 Å². The first kappa shape index (κ1) is 13.9. The van der Waals surface area contributed by atoms with E-state index in [1.54, 1.807) is 18.2 Å². The molecule has 0 amide bonds. The van der Waals surface area contributed by atoms with Crippen molar-refractivity contribution < 1.29 is 4.74 Å². The number of methoxy groups -OCH3 is 1. The van der Waals surface area contributed by atoms with Gasteiger partial charge >= 0.3 is 0 Å². The van der Waals surface area contributed by atoms with Crippen LogP contribution in [-0.4, -0.2) is 7.11 Å². The molecule has 1 heteroatoms. The minimum Gasteiger partial charge on any atom is -0.496 e. The third-order valence-corrected chi connectivity index (χ3v) is 5.79. The standard InChI is InChI=1S/C21H24O/c1-14-11-17(12-15(2)20(14)22-3)19-13-21(19)10-6-8-16-7-4-5-9-18(16)21/h4-5,7,9,11-12,19H,6,8,10,13H2,1-3H3. The van der Waals surface area contributed by atoms with Gasteiger partial charge in [0.1, 0.15) is 5.75 Å². The summed E-state index contributed by atoms with van der Waals surface area (Å²) in [5.74, 6) is 1.74. The van der Waals surface area contributed by atoms with Crippen molar-refractivity contribution in [3.63, 3.8) is 0 Å². The molecule has 0 aliphatic heterocycles. The molecule has 2 aromatic rings. The van der Waals surface area contributed by atoms with E-state index < -0.39 is 0 Å². The fourth-order valence-electron chi connectivity index (χ4n) is 4.78. The van der Waals surface area contributed by atoms with E-state index in [-0.39, 0.29) is 0 Å². The first-order valence-electron chi connectivity index (χ1n) is 8.39. The van der Waals surface area contributed by atoms with Crippen LogP contribution in [0.25, 0.3) is 0 Å². The number of fused-ring (bicyclic) bond motifs is 2. The van der Waals surface area contributed by atoms with Crippen molar-refractivity contribution >= 4 is 0 Å². The molecule has 4 rings (SSSR count). The Hall–Kier alpha value is -1.76. The van der Waals surface area contributed by atoms with Gasteiger partial charge in [0.25, 0.3) is 0 Å². The van der Waals surface area contributed by atoms with E-state index in [2.05, 4.69) is 50.2 Å². The zero-order valence-corrected chi connectivity index (χ0v) is 13.8. The number of hydrogen-bond donors (Lipinski definition) is 0. The predicted molar refractivity (Wildman–Crippen MR) is 90.9 cm³/mol. The van der Waals surface area contributed by atoms with Gasteiger partial charge in [0.05, 0.1) is 7.11 Å². The van der Waals surface area contributed by atoms with Crippen LogP contribution in [0.4, 0.5) is 0 Å². The molecule has 0 N–H and O–H groups in total. The lowest BCUT2D eigenvalue weighted by molar-refractivity contribution is 0.408. The maximum absolute atomic E-state index is 5.52. The topological polar surface area (TPSA) is 9.23 Å². The molecule has 2 aliphatic carbocycles. The van der Waals surface area contributed by atoms with Crippen LogP contribution in [0.5, 0.6) is 5.75 Å². The van der Waals surface area contributed by atoms with E-state index in [4.69, 9.17) is 4.74 Å². The molecule has 1 saturated carbocycles. The van der Waals surface area contributed by atoms with Gasteiger partial charge in [-0.05, 0) is 73.3 Å². The largest absolute Gasteiger partial charge is 0.496 e. The Morgan fingerprint density at radius 1 is 1.09 bits per heavy atom. The van der Waals surface area contributed by atoms with E-state index >= 15 is 0 Å². The number of rotatable bonds is 2. The molecule has 0 bridgehead atoms. The first-order chi connectivity index (χ1) is 10.7. The van der Waals surface area contributed by atoms with Crippen molar-refractivity contribution in [2.24, 2.45) is 0 Å².